The van der Waals surface area contributed by atoms with Crippen LogP contribution in [-0.2, 0) is 17.5 Å². The van der Waals surface area contributed by atoms with Crippen LogP contribution < -0.4 is 10.9 Å². The average molecular weight is 282 g/mol. The third kappa shape index (κ3) is 3.07. The number of anilines is 1. The van der Waals surface area contributed by atoms with Crippen molar-refractivity contribution >= 4 is 28.1 Å². The maximum Gasteiger partial charge on any atom is 0.223 e. The van der Waals surface area contributed by atoms with Crippen LogP contribution >= 0.6 is 0 Å². The molecule has 0 radical (unpaired) electrons. The van der Waals surface area contributed by atoms with E-state index in [2.05, 4.69) is 21.9 Å². The van der Waals surface area contributed by atoms with E-state index in [1.54, 1.807) is 6.33 Å². The van der Waals surface area contributed by atoms with Gasteiger partial charge in [-0.05, 0) is 6.42 Å². The molecule has 0 amide bonds. The van der Waals surface area contributed by atoms with Crippen molar-refractivity contribution in [2.45, 2.75) is 44.2 Å². The lowest BCUT2D eigenvalue weighted by molar-refractivity contribution is 0.589. The van der Waals surface area contributed by atoms with Gasteiger partial charge in [-0.15, -0.1) is 0 Å². The molecular formula is C11H18N6OS. The second kappa shape index (κ2) is 6.07. The number of nitrogens with zero attached hydrogens (tertiary/aromatic N) is 4. The summed E-state index contributed by atoms with van der Waals surface area (Å²) in [6.07, 6.45) is 6.27. The van der Waals surface area contributed by atoms with Crippen molar-refractivity contribution in [2.24, 2.45) is 5.14 Å². The molecular weight excluding hydrogens is 264 g/mol. The van der Waals surface area contributed by atoms with Gasteiger partial charge in [0.2, 0.25) is 5.95 Å². The van der Waals surface area contributed by atoms with Crippen LogP contribution in [0.15, 0.2) is 11.4 Å². The number of nitrogen functional groups attached to an aromatic ring is 1. The normalized spacial score (nSPS) is 12.9. The smallest absolute Gasteiger partial charge is 0.223 e. The van der Waals surface area contributed by atoms with Crippen LogP contribution in [0.25, 0.3) is 11.2 Å². The summed E-state index contributed by atoms with van der Waals surface area (Å²) >= 11 is 0. The Morgan fingerprint density at radius 3 is 2.79 bits per heavy atom. The predicted octanol–water partition coefficient (Wildman–Crippen LogP) is 0.970. The molecule has 0 aliphatic carbocycles. The van der Waals surface area contributed by atoms with Crippen molar-refractivity contribution in [2.75, 3.05) is 5.73 Å². The van der Waals surface area contributed by atoms with Gasteiger partial charge in [0.25, 0.3) is 0 Å². The predicted molar refractivity (Wildman–Crippen MR) is 74.5 cm³/mol. The van der Waals surface area contributed by atoms with E-state index in [0.717, 1.165) is 19.4 Å². The van der Waals surface area contributed by atoms with Crippen molar-refractivity contribution in [3.63, 3.8) is 0 Å². The van der Waals surface area contributed by atoms with Crippen molar-refractivity contribution in [1.29, 1.82) is 0 Å². The third-order valence-corrected chi connectivity index (χ3v) is 3.56. The fourth-order valence-corrected chi connectivity index (χ4v) is 2.47. The molecule has 0 spiro atoms. The molecule has 0 bridgehead atoms. The monoisotopic (exact) mass is 282 g/mol. The van der Waals surface area contributed by atoms with E-state index in [0.29, 0.717) is 11.2 Å². The lowest BCUT2D eigenvalue weighted by Crippen LogP contribution is -2.09. The van der Waals surface area contributed by atoms with Gasteiger partial charge in [-0.25, -0.2) is 19.3 Å². The number of unbranched alkanes of at least 4 members (excludes halogenated alkanes) is 3. The number of hydrogen-bond acceptors (Lipinski definition) is 5. The first-order chi connectivity index (χ1) is 9.13. The summed E-state index contributed by atoms with van der Waals surface area (Å²) in [7, 11) is -1.72. The topological polar surface area (TPSA) is 113 Å². The highest BCUT2D eigenvalue weighted by Gasteiger charge is 2.14. The standard InChI is InChI=1S/C11H18N6OS/c1-2-3-4-5-6-17-7-14-8-9(17)15-11(12)16-10(8)19(13)18/h7H,2-6,13H2,1H3,(H2,12,15,16). The van der Waals surface area contributed by atoms with Gasteiger partial charge < -0.3 is 10.3 Å². The van der Waals surface area contributed by atoms with Crippen molar-refractivity contribution in [3.8, 4) is 0 Å². The van der Waals surface area contributed by atoms with E-state index in [9.17, 15) is 4.21 Å². The molecule has 104 valence electrons. The molecule has 0 aromatic carbocycles. The van der Waals surface area contributed by atoms with Gasteiger partial charge in [0.05, 0.1) is 6.33 Å². The zero-order chi connectivity index (χ0) is 13.8. The largest absolute Gasteiger partial charge is 0.368 e. The number of aryl methyl sites for hydroxylation is 1. The van der Waals surface area contributed by atoms with E-state index >= 15 is 0 Å². The second-order valence-electron chi connectivity index (χ2n) is 4.36. The highest BCUT2D eigenvalue weighted by Crippen LogP contribution is 2.17. The van der Waals surface area contributed by atoms with Crippen LogP contribution in [0.1, 0.15) is 32.6 Å². The van der Waals surface area contributed by atoms with Crippen molar-refractivity contribution in [3.05, 3.63) is 6.33 Å². The first kappa shape index (κ1) is 13.9. The van der Waals surface area contributed by atoms with Crippen LogP contribution in [0.3, 0.4) is 0 Å². The molecule has 0 aliphatic rings. The van der Waals surface area contributed by atoms with E-state index in [4.69, 9.17) is 10.9 Å². The van der Waals surface area contributed by atoms with Crippen LogP contribution in [0.2, 0.25) is 0 Å². The molecule has 8 heteroatoms. The third-order valence-electron chi connectivity index (χ3n) is 2.89. The number of nitrogens with two attached hydrogens (primary N) is 2. The number of hydrogen-bond donors (Lipinski definition) is 2. The summed E-state index contributed by atoms with van der Waals surface area (Å²) in [6.45, 7) is 2.98. The molecule has 19 heavy (non-hydrogen) atoms. The van der Waals surface area contributed by atoms with Gasteiger partial charge >= 0.3 is 0 Å². The van der Waals surface area contributed by atoms with Crippen LogP contribution in [0.5, 0.6) is 0 Å². The fourth-order valence-electron chi connectivity index (χ4n) is 1.95. The Morgan fingerprint density at radius 2 is 2.11 bits per heavy atom. The Kier molecular flexibility index (Phi) is 4.43. The molecule has 0 saturated carbocycles. The quantitative estimate of drug-likeness (QED) is 0.605. The summed E-state index contributed by atoms with van der Waals surface area (Å²) in [5.41, 5.74) is 6.67. The first-order valence-electron chi connectivity index (χ1n) is 6.28. The average Bonchev–Trinajstić information content (AvgIpc) is 2.76. The first-order valence-corrected chi connectivity index (χ1v) is 7.49. The Hall–Kier alpha value is -1.54. The number of aromatic nitrogens is 4. The molecule has 1 atom stereocenters. The minimum atomic E-state index is -1.72. The summed E-state index contributed by atoms with van der Waals surface area (Å²) < 4.78 is 13.3. The van der Waals surface area contributed by atoms with E-state index in [1.165, 1.54) is 12.8 Å². The van der Waals surface area contributed by atoms with Gasteiger partial charge in [0, 0.05) is 6.54 Å². The Bertz CT molecular complexity index is 596. The molecule has 0 saturated heterocycles. The molecule has 2 heterocycles. The zero-order valence-corrected chi connectivity index (χ0v) is 11.7. The summed E-state index contributed by atoms with van der Waals surface area (Å²) in [6, 6.07) is 0. The van der Waals surface area contributed by atoms with E-state index < -0.39 is 11.0 Å². The molecule has 7 nitrogen and oxygen atoms in total. The summed E-state index contributed by atoms with van der Waals surface area (Å²) in [5.74, 6) is 0.0663. The lowest BCUT2D eigenvalue weighted by Gasteiger charge is -2.04. The van der Waals surface area contributed by atoms with Crippen LogP contribution in [0, 0.1) is 0 Å². The molecule has 4 N–H and O–H groups in total. The highest BCUT2D eigenvalue weighted by atomic mass is 32.2. The highest BCUT2D eigenvalue weighted by molar-refractivity contribution is 7.82. The maximum absolute atomic E-state index is 11.4. The number of fused-ring (bicyclic) bond motifs is 1. The Balaban J connectivity index is 2.29. The van der Waals surface area contributed by atoms with Crippen LogP contribution in [0.4, 0.5) is 5.95 Å². The van der Waals surface area contributed by atoms with Gasteiger partial charge in [0.1, 0.15) is 16.5 Å². The van der Waals surface area contributed by atoms with Gasteiger partial charge in [0.15, 0.2) is 10.7 Å². The van der Waals surface area contributed by atoms with Gasteiger partial charge in [-0.2, -0.15) is 4.98 Å². The zero-order valence-electron chi connectivity index (χ0n) is 10.9. The summed E-state index contributed by atoms with van der Waals surface area (Å²) in [5, 5.41) is 5.56. The van der Waals surface area contributed by atoms with Gasteiger partial charge in [-0.1, -0.05) is 26.2 Å². The fraction of sp³-hybridized carbons (Fsp3) is 0.545. The Labute approximate surface area is 114 Å². The van der Waals surface area contributed by atoms with E-state index in [1.807, 2.05) is 4.57 Å². The number of rotatable bonds is 6. The molecule has 1 unspecified atom stereocenters. The second-order valence-corrected chi connectivity index (χ2v) is 5.34. The van der Waals surface area contributed by atoms with Crippen molar-refractivity contribution < 1.29 is 4.21 Å². The van der Waals surface area contributed by atoms with E-state index in [-0.39, 0.29) is 11.0 Å². The summed E-state index contributed by atoms with van der Waals surface area (Å²) in [4.78, 5) is 12.2. The Morgan fingerprint density at radius 1 is 1.32 bits per heavy atom. The van der Waals surface area contributed by atoms with Crippen LogP contribution in [-0.4, -0.2) is 23.7 Å². The number of imidazole rings is 1. The molecule has 2 aromatic rings. The molecule has 2 rings (SSSR count). The maximum atomic E-state index is 11.4. The SMILES string of the molecule is CCCCCCn1cnc2c(S(N)=O)nc(N)nc21. The lowest BCUT2D eigenvalue weighted by atomic mass is 10.2. The molecule has 0 fully saturated rings. The minimum Gasteiger partial charge on any atom is -0.368 e. The van der Waals surface area contributed by atoms with Crippen molar-refractivity contribution in [1.82, 2.24) is 19.5 Å². The molecule has 0 aliphatic heterocycles. The minimum absolute atomic E-state index is 0.0663. The molecule has 2 aromatic heterocycles. The van der Waals surface area contributed by atoms with Gasteiger partial charge in [-0.3, -0.25) is 0 Å².